The van der Waals surface area contributed by atoms with Crippen LogP contribution in [0.3, 0.4) is 0 Å². The number of hydrogen-bond acceptors (Lipinski definition) is 5. The van der Waals surface area contributed by atoms with Crippen LogP contribution in [0.2, 0.25) is 0 Å². The summed E-state index contributed by atoms with van der Waals surface area (Å²) >= 11 is 5.85. The molecule has 0 saturated carbocycles. The largest absolute Gasteiger partial charge is 0.466 e. The van der Waals surface area contributed by atoms with Crippen molar-refractivity contribution in [3.8, 4) is 0 Å². The molecule has 0 aromatic heterocycles. The zero-order valence-corrected chi connectivity index (χ0v) is 11.6. The van der Waals surface area contributed by atoms with Crippen LogP contribution >= 0.6 is 11.6 Å². The van der Waals surface area contributed by atoms with Crippen molar-refractivity contribution in [2.75, 3.05) is 12.5 Å². The summed E-state index contributed by atoms with van der Waals surface area (Å²) in [6.45, 7) is 5.83. The summed E-state index contributed by atoms with van der Waals surface area (Å²) in [5, 5.41) is 0. The first kappa shape index (κ1) is 14.1. The predicted octanol–water partition coefficient (Wildman–Crippen LogP) is 1.47. The highest BCUT2D eigenvalue weighted by Gasteiger charge is 2.55. The second kappa shape index (κ2) is 5.33. The lowest BCUT2D eigenvalue weighted by molar-refractivity contribution is -0.187. The van der Waals surface area contributed by atoms with Crippen LogP contribution in [0.15, 0.2) is 0 Å². The highest BCUT2D eigenvalue weighted by atomic mass is 35.5. The molecule has 0 N–H and O–H groups in total. The quantitative estimate of drug-likeness (QED) is 0.576. The first-order chi connectivity index (χ1) is 8.46. The summed E-state index contributed by atoms with van der Waals surface area (Å²) in [4.78, 5) is 11.5. The lowest BCUT2D eigenvalue weighted by Crippen LogP contribution is -2.31. The van der Waals surface area contributed by atoms with Crippen LogP contribution in [-0.2, 0) is 23.7 Å². The van der Waals surface area contributed by atoms with E-state index >= 15 is 0 Å². The molecule has 0 aliphatic carbocycles. The molecule has 18 heavy (non-hydrogen) atoms. The van der Waals surface area contributed by atoms with Crippen LogP contribution in [0.4, 0.5) is 0 Å². The van der Waals surface area contributed by atoms with Gasteiger partial charge in [-0.15, -0.1) is 11.6 Å². The fraction of sp³-hybridized carbons (Fsp3) is 0.917. The van der Waals surface area contributed by atoms with E-state index in [9.17, 15) is 4.79 Å². The molecular weight excluding hydrogens is 260 g/mol. The van der Waals surface area contributed by atoms with Gasteiger partial charge >= 0.3 is 5.97 Å². The summed E-state index contributed by atoms with van der Waals surface area (Å²) in [6, 6.07) is 0. The molecule has 0 radical (unpaired) electrons. The van der Waals surface area contributed by atoms with Gasteiger partial charge < -0.3 is 18.9 Å². The third kappa shape index (κ3) is 2.79. The molecule has 0 aromatic rings. The van der Waals surface area contributed by atoms with E-state index in [1.807, 2.05) is 13.8 Å². The standard InChI is InChI=1S/C12H19ClO5/c1-4-15-9(14)5-7-10-11(8(6-13)16-7)18-12(2,3)17-10/h7-8,10-11H,4-6H2,1-3H3/t7-,8+,10-,11+/m0/s1. The maximum absolute atomic E-state index is 11.5. The number of alkyl halides is 1. The third-order valence-corrected chi connectivity index (χ3v) is 3.38. The van der Waals surface area contributed by atoms with E-state index < -0.39 is 5.79 Å². The molecule has 2 aliphatic rings. The highest BCUT2D eigenvalue weighted by molar-refractivity contribution is 6.18. The van der Waals surface area contributed by atoms with Crippen LogP contribution in [0.25, 0.3) is 0 Å². The Morgan fingerprint density at radius 2 is 1.89 bits per heavy atom. The Morgan fingerprint density at radius 1 is 1.28 bits per heavy atom. The molecule has 2 saturated heterocycles. The molecule has 0 spiro atoms. The van der Waals surface area contributed by atoms with Crippen molar-refractivity contribution in [3.05, 3.63) is 0 Å². The van der Waals surface area contributed by atoms with Gasteiger partial charge in [0, 0.05) is 0 Å². The van der Waals surface area contributed by atoms with Gasteiger partial charge in [0.25, 0.3) is 0 Å². The van der Waals surface area contributed by atoms with E-state index in [-0.39, 0.29) is 36.8 Å². The molecule has 2 rings (SSSR count). The molecular formula is C12H19ClO5. The van der Waals surface area contributed by atoms with Crippen LogP contribution in [0, 0.1) is 0 Å². The average Bonchev–Trinajstić information content (AvgIpc) is 2.74. The Bertz CT molecular complexity index is 320. The van der Waals surface area contributed by atoms with Crippen molar-refractivity contribution in [1.82, 2.24) is 0 Å². The average molecular weight is 279 g/mol. The monoisotopic (exact) mass is 278 g/mol. The van der Waals surface area contributed by atoms with E-state index in [2.05, 4.69) is 0 Å². The Labute approximate surface area is 112 Å². The van der Waals surface area contributed by atoms with E-state index in [0.717, 1.165) is 0 Å². The number of esters is 1. The molecule has 0 bridgehead atoms. The number of carbonyl (C=O) groups excluding carboxylic acids is 1. The Balaban J connectivity index is 2.02. The molecule has 4 atom stereocenters. The molecule has 2 fully saturated rings. The first-order valence-corrected chi connectivity index (χ1v) is 6.73. The van der Waals surface area contributed by atoms with Crippen LogP contribution in [-0.4, -0.2) is 48.7 Å². The lowest BCUT2D eigenvalue weighted by Gasteiger charge is -2.23. The number of ether oxygens (including phenoxy) is 4. The minimum absolute atomic E-state index is 0.168. The van der Waals surface area contributed by atoms with Crippen molar-refractivity contribution in [2.24, 2.45) is 0 Å². The van der Waals surface area contributed by atoms with E-state index in [4.69, 9.17) is 30.5 Å². The van der Waals surface area contributed by atoms with E-state index in [0.29, 0.717) is 12.5 Å². The molecule has 5 nitrogen and oxygen atoms in total. The van der Waals surface area contributed by atoms with Gasteiger partial charge in [0.2, 0.25) is 0 Å². The van der Waals surface area contributed by atoms with Crippen molar-refractivity contribution in [1.29, 1.82) is 0 Å². The molecule has 0 amide bonds. The van der Waals surface area contributed by atoms with Crippen LogP contribution in [0.1, 0.15) is 27.2 Å². The summed E-state index contributed by atoms with van der Waals surface area (Å²) < 4.78 is 22.2. The van der Waals surface area contributed by atoms with Crippen LogP contribution < -0.4 is 0 Å². The van der Waals surface area contributed by atoms with Gasteiger partial charge in [-0.1, -0.05) is 0 Å². The van der Waals surface area contributed by atoms with Crippen molar-refractivity contribution < 1.29 is 23.7 Å². The number of carbonyl (C=O) groups is 1. The van der Waals surface area contributed by atoms with Gasteiger partial charge in [-0.25, -0.2) is 0 Å². The number of fused-ring (bicyclic) bond motifs is 1. The van der Waals surface area contributed by atoms with Gasteiger partial charge in [-0.2, -0.15) is 0 Å². The second-order valence-electron chi connectivity index (χ2n) is 4.94. The number of hydrogen-bond donors (Lipinski definition) is 0. The highest BCUT2D eigenvalue weighted by Crippen LogP contribution is 2.40. The minimum Gasteiger partial charge on any atom is -0.466 e. The Kier molecular flexibility index (Phi) is 4.16. The van der Waals surface area contributed by atoms with Crippen molar-refractivity contribution >= 4 is 17.6 Å². The topological polar surface area (TPSA) is 54.0 Å². The van der Waals surface area contributed by atoms with Gasteiger partial charge in [-0.3, -0.25) is 4.79 Å². The third-order valence-electron chi connectivity index (χ3n) is 3.07. The number of halogens is 1. The molecule has 0 unspecified atom stereocenters. The summed E-state index contributed by atoms with van der Waals surface area (Å²) in [5.74, 6) is -0.624. The van der Waals surface area contributed by atoms with E-state index in [1.165, 1.54) is 0 Å². The lowest BCUT2D eigenvalue weighted by atomic mass is 10.1. The van der Waals surface area contributed by atoms with Gasteiger partial charge in [0.15, 0.2) is 5.79 Å². The zero-order chi connectivity index (χ0) is 13.3. The summed E-state index contributed by atoms with van der Waals surface area (Å²) in [7, 11) is 0. The van der Waals surface area contributed by atoms with Gasteiger partial charge in [0.1, 0.15) is 18.3 Å². The molecule has 6 heteroatoms. The summed E-state index contributed by atoms with van der Waals surface area (Å²) in [5.41, 5.74) is 0. The fourth-order valence-electron chi connectivity index (χ4n) is 2.44. The van der Waals surface area contributed by atoms with Gasteiger partial charge in [-0.05, 0) is 20.8 Å². The van der Waals surface area contributed by atoms with Crippen LogP contribution in [0.5, 0.6) is 0 Å². The molecule has 2 heterocycles. The Hall–Kier alpha value is -0.360. The van der Waals surface area contributed by atoms with Crippen molar-refractivity contribution in [3.63, 3.8) is 0 Å². The molecule has 2 aliphatic heterocycles. The second-order valence-corrected chi connectivity index (χ2v) is 5.25. The molecule has 104 valence electrons. The summed E-state index contributed by atoms with van der Waals surface area (Å²) in [6.07, 6.45) is -0.885. The minimum atomic E-state index is -0.656. The first-order valence-electron chi connectivity index (χ1n) is 6.19. The number of rotatable bonds is 4. The Morgan fingerprint density at radius 3 is 2.44 bits per heavy atom. The van der Waals surface area contributed by atoms with Gasteiger partial charge in [0.05, 0.1) is 25.0 Å². The smallest absolute Gasteiger partial charge is 0.308 e. The zero-order valence-electron chi connectivity index (χ0n) is 10.8. The van der Waals surface area contributed by atoms with E-state index in [1.54, 1.807) is 6.92 Å². The fourth-order valence-corrected chi connectivity index (χ4v) is 2.69. The predicted molar refractivity (Wildman–Crippen MR) is 64.5 cm³/mol. The maximum Gasteiger partial charge on any atom is 0.308 e. The van der Waals surface area contributed by atoms with Crippen molar-refractivity contribution in [2.45, 2.75) is 57.4 Å². The normalized spacial score (nSPS) is 37.6. The molecule has 0 aromatic carbocycles. The SMILES string of the molecule is CCOC(=O)C[C@@H]1O[C@H](CCl)[C@H]2OC(C)(C)O[C@H]21. The maximum atomic E-state index is 11.5.